The number of aromatic nitrogens is 1. The van der Waals surface area contributed by atoms with Crippen molar-refractivity contribution in [1.29, 1.82) is 0 Å². The minimum absolute atomic E-state index is 0.0253. The van der Waals surface area contributed by atoms with E-state index in [4.69, 9.17) is 16.3 Å². The summed E-state index contributed by atoms with van der Waals surface area (Å²) in [5.41, 5.74) is 2.12. The second-order valence-corrected chi connectivity index (χ2v) is 11.3. The topological polar surface area (TPSA) is 42.4 Å². The molecule has 0 unspecified atom stereocenters. The molecule has 0 atom stereocenters. The van der Waals surface area contributed by atoms with Gasteiger partial charge in [0.15, 0.2) is 0 Å². The van der Waals surface area contributed by atoms with E-state index < -0.39 is 17.6 Å². The molecule has 1 fully saturated rings. The van der Waals surface area contributed by atoms with Gasteiger partial charge in [-0.05, 0) is 73.1 Å². The van der Waals surface area contributed by atoms with Gasteiger partial charge in [0.2, 0.25) is 5.95 Å². The maximum Gasteiger partial charge on any atom is 0.266 e. The summed E-state index contributed by atoms with van der Waals surface area (Å²) in [5.74, 6) is -1.07. The van der Waals surface area contributed by atoms with E-state index in [-0.39, 0.29) is 38.5 Å². The summed E-state index contributed by atoms with van der Waals surface area (Å²) < 4.78 is 48.6. The van der Waals surface area contributed by atoms with Gasteiger partial charge in [0.25, 0.3) is 5.91 Å². The first-order valence-electron chi connectivity index (χ1n) is 13.0. The summed E-state index contributed by atoms with van der Waals surface area (Å²) in [4.78, 5) is 19.6. The van der Waals surface area contributed by atoms with E-state index >= 15 is 0 Å². The van der Waals surface area contributed by atoms with Crippen molar-refractivity contribution in [3.8, 4) is 16.9 Å². The molecule has 1 aliphatic rings. The van der Waals surface area contributed by atoms with Crippen molar-refractivity contribution < 1.29 is 22.7 Å². The van der Waals surface area contributed by atoms with Gasteiger partial charge in [-0.15, -0.1) is 11.3 Å². The molecule has 0 aliphatic heterocycles. The molecule has 0 N–H and O–H groups in total. The normalized spacial score (nSPS) is 17.4. The van der Waals surface area contributed by atoms with Crippen LogP contribution in [0.2, 0.25) is 5.02 Å². The lowest BCUT2D eigenvalue weighted by atomic mass is 9.83. The number of rotatable bonds is 7. The third-order valence-corrected chi connectivity index (χ3v) is 9.33. The fourth-order valence-corrected chi connectivity index (χ4v) is 6.95. The highest BCUT2D eigenvalue weighted by Crippen LogP contribution is 2.41. The Kier molecular flexibility index (Phi) is 8.14. The van der Waals surface area contributed by atoms with E-state index in [1.54, 1.807) is 24.1 Å². The zero-order chi connectivity index (χ0) is 27.7. The lowest BCUT2D eigenvalue weighted by Gasteiger charge is -2.37. The molecule has 0 saturated heterocycles. The molecule has 9 heteroatoms. The Morgan fingerprint density at radius 2 is 1.77 bits per heavy atom. The van der Waals surface area contributed by atoms with Crippen LogP contribution in [-0.2, 0) is 6.54 Å². The summed E-state index contributed by atoms with van der Waals surface area (Å²) in [6.45, 7) is 2.37. The lowest BCUT2D eigenvalue weighted by Crippen LogP contribution is -2.41. The molecule has 2 heterocycles. The minimum Gasteiger partial charge on any atom is -0.496 e. The van der Waals surface area contributed by atoms with Crippen LogP contribution in [-0.4, -0.2) is 28.9 Å². The zero-order valence-corrected chi connectivity index (χ0v) is 23.2. The first kappa shape index (κ1) is 27.5. The molecular weight excluding hydrogens is 545 g/mol. The number of methoxy groups -OCH3 is 1. The Morgan fingerprint density at radius 3 is 2.44 bits per heavy atom. The molecule has 0 bridgehead atoms. The van der Waals surface area contributed by atoms with E-state index in [0.717, 1.165) is 66.7 Å². The van der Waals surface area contributed by atoms with Gasteiger partial charge in [0.05, 0.1) is 22.2 Å². The number of ether oxygens (including phenoxy) is 1. The van der Waals surface area contributed by atoms with Crippen LogP contribution < -0.4 is 4.74 Å². The van der Waals surface area contributed by atoms with Gasteiger partial charge in [-0.25, -0.2) is 13.8 Å². The molecule has 4 nitrogen and oxygen atoms in total. The van der Waals surface area contributed by atoms with E-state index in [1.807, 2.05) is 12.1 Å². The first-order chi connectivity index (χ1) is 18.8. The maximum atomic E-state index is 14.6. The Labute approximate surface area is 234 Å². The molecule has 204 valence electrons. The number of benzene rings is 2. The summed E-state index contributed by atoms with van der Waals surface area (Å²) in [5, 5.41) is -0.142. The number of carbonyl (C=O) groups excluding carboxylic acids is 1. The molecule has 0 radical (unpaired) electrons. The molecule has 39 heavy (non-hydrogen) atoms. The highest BCUT2D eigenvalue weighted by molar-refractivity contribution is 7.21. The lowest BCUT2D eigenvalue weighted by molar-refractivity contribution is 0.0591. The van der Waals surface area contributed by atoms with Crippen LogP contribution in [0.4, 0.5) is 13.2 Å². The standard InChI is InChI=1S/C30H28ClF3N2O2S/c1-3-17-4-7-21(8-5-17)36(30(37)29-27(31)26-22(32)9-10-23(33)28(26)39-29)16-20-14-18(6-11-24(20)38-2)19-12-13-35-25(34)15-19/h6,9-15,17,21H,3-5,7-8,16H2,1-2H3. The van der Waals surface area contributed by atoms with Gasteiger partial charge in [-0.1, -0.05) is 31.0 Å². The van der Waals surface area contributed by atoms with E-state index in [1.165, 1.54) is 12.3 Å². The molecule has 1 saturated carbocycles. The van der Waals surface area contributed by atoms with Crippen LogP contribution in [0, 0.1) is 23.5 Å². The quantitative estimate of drug-likeness (QED) is 0.208. The van der Waals surface area contributed by atoms with Crippen LogP contribution in [0.3, 0.4) is 0 Å². The fourth-order valence-electron chi connectivity index (χ4n) is 5.44. The number of hydrogen-bond donors (Lipinski definition) is 0. The van der Waals surface area contributed by atoms with E-state index in [2.05, 4.69) is 11.9 Å². The Balaban J connectivity index is 1.56. The number of pyridine rings is 1. The molecule has 1 amide bonds. The number of halogens is 4. The zero-order valence-electron chi connectivity index (χ0n) is 21.6. The second-order valence-electron chi connectivity index (χ2n) is 9.89. The van der Waals surface area contributed by atoms with Crippen molar-refractivity contribution in [2.45, 2.75) is 51.6 Å². The molecule has 5 rings (SSSR count). The molecule has 2 aromatic heterocycles. The maximum absolute atomic E-state index is 14.6. The van der Waals surface area contributed by atoms with Gasteiger partial charge in [-0.2, -0.15) is 4.39 Å². The third kappa shape index (κ3) is 5.50. The summed E-state index contributed by atoms with van der Waals surface area (Å²) >= 11 is 7.40. The largest absolute Gasteiger partial charge is 0.496 e. The molecule has 0 spiro atoms. The number of hydrogen-bond acceptors (Lipinski definition) is 4. The van der Waals surface area contributed by atoms with Crippen LogP contribution in [0.5, 0.6) is 5.75 Å². The van der Waals surface area contributed by atoms with Crippen molar-refractivity contribution in [2.24, 2.45) is 5.92 Å². The van der Waals surface area contributed by atoms with Crippen LogP contribution in [0.25, 0.3) is 21.2 Å². The Bertz CT molecular complexity index is 1520. The van der Waals surface area contributed by atoms with Crippen molar-refractivity contribution in [2.75, 3.05) is 7.11 Å². The van der Waals surface area contributed by atoms with Crippen molar-refractivity contribution >= 4 is 38.9 Å². The van der Waals surface area contributed by atoms with Crippen LogP contribution in [0.15, 0.2) is 48.7 Å². The van der Waals surface area contributed by atoms with Gasteiger partial charge < -0.3 is 9.64 Å². The van der Waals surface area contributed by atoms with Gasteiger partial charge in [0.1, 0.15) is 22.3 Å². The summed E-state index contributed by atoms with van der Waals surface area (Å²) in [6.07, 6.45) is 6.09. The fraction of sp³-hybridized carbons (Fsp3) is 0.333. The number of amides is 1. The number of nitrogens with zero attached hydrogens (tertiary/aromatic N) is 2. The molecule has 4 aromatic rings. The number of carbonyl (C=O) groups is 1. The predicted octanol–water partition coefficient (Wildman–Crippen LogP) is 8.65. The second kappa shape index (κ2) is 11.6. The van der Waals surface area contributed by atoms with E-state index in [0.29, 0.717) is 17.2 Å². The first-order valence-corrected chi connectivity index (χ1v) is 14.2. The molecule has 1 aliphatic carbocycles. The minimum atomic E-state index is -0.666. The van der Waals surface area contributed by atoms with Crippen molar-refractivity contribution in [3.63, 3.8) is 0 Å². The molecular formula is C30H28ClF3N2O2S. The monoisotopic (exact) mass is 572 g/mol. The highest BCUT2D eigenvalue weighted by atomic mass is 35.5. The van der Waals surface area contributed by atoms with Crippen molar-refractivity contribution in [3.05, 3.63) is 81.7 Å². The Hall–Kier alpha value is -3.10. The van der Waals surface area contributed by atoms with Crippen LogP contribution in [0.1, 0.15) is 54.3 Å². The van der Waals surface area contributed by atoms with Gasteiger partial charge in [0, 0.05) is 30.4 Å². The SMILES string of the molecule is CCC1CCC(N(Cc2cc(-c3ccnc(F)c3)ccc2OC)C(=O)c2sc3c(F)ccc(F)c3c2Cl)CC1. The summed E-state index contributed by atoms with van der Waals surface area (Å²) in [6, 6.07) is 10.5. The van der Waals surface area contributed by atoms with E-state index in [9.17, 15) is 18.0 Å². The third-order valence-electron chi connectivity index (χ3n) is 7.65. The smallest absolute Gasteiger partial charge is 0.266 e. The summed E-state index contributed by atoms with van der Waals surface area (Å²) in [7, 11) is 1.55. The average molecular weight is 573 g/mol. The predicted molar refractivity (Wildman–Crippen MR) is 149 cm³/mol. The highest BCUT2D eigenvalue weighted by Gasteiger charge is 2.33. The van der Waals surface area contributed by atoms with Gasteiger partial charge >= 0.3 is 0 Å². The van der Waals surface area contributed by atoms with Crippen molar-refractivity contribution in [1.82, 2.24) is 9.88 Å². The van der Waals surface area contributed by atoms with Gasteiger partial charge in [-0.3, -0.25) is 4.79 Å². The molecule has 2 aromatic carbocycles. The number of thiophene rings is 1. The number of fused-ring (bicyclic) bond motifs is 1. The Morgan fingerprint density at radius 1 is 1.05 bits per heavy atom. The average Bonchev–Trinajstić information content (AvgIpc) is 3.31. The van der Waals surface area contributed by atoms with Crippen LogP contribution >= 0.6 is 22.9 Å².